The summed E-state index contributed by atoms with van der Waals surface area (Å²) < 4.78 is 46.9. The van der Waals surface area contributed by atoms with Crippen molar-refractivity contribution in [1.82, 2.24) is 14.6 Å². The van der Waals surface area contributed by atoms with Gasteiger partial charge in [0.2, 0.25) is 0 Å². The van der Waals surface area contributed by atoms with Crippen molar-refractivity contribution in [3.8, 4) is 11.5 Å². The van der Waals surface area contributed by atoms with Crippen molar-refractivity contribution in [1.29, 1.82) is 0 Å². The number of primary amides is 1. The predicted octanol–water partition coefficient (Wildman–Crippen LogP) is 4.55. The Hall–Kier alpha value is -3.67. The average Bonchev–Trinajstić information content (AvgIpc) is 3.49. The molecule has 12 heteroatoms. The van der Waals surface area contributed by atoms with Crippen molar-refractivity contribution >= 4 is 33.8 Å². The van der Waals surface area contributed by atoms with Gasteiger partial charge in [-0.2, -0.15) is 18.3 Å². The number of hydrogen-bond donors (Lipinski definition) is 2. The number of anilines is 1. The summed E-state index contributed by atoms with van der Waals surface area (Å²) in [5.74, 6) is -0.859. The van der Waals surface area contributed by atoms with Gasteiger partial charge in [0.25, 0.3) is 11.8 Å². The van der Waals surface area contributed by atoms with Crippen LogP contribution >= 0.6 is 11.3 Å². The van der Waals surface area contributed by atoms with Crippen LogP contribution in [-0.2, 0) is 19.0 Å². The summed E-state index contributed by atoms with van der Waals surface area (Å²) in [7, 11) is 0. The lowest BCUT2D eigenvalue weighted by Gasteiger charge is -2.18. The van der Waals surface area contributed by atoms with Crippen LogP contribution in [0.15, 0.2) is 34.9 Å². The Labute approximate surface area is 194 Å². The minimum Gasteiger partial charge on any atom is -0.463 e. The number of nitrogens with one attached hydrogen (secondary N) is 1. The first-order valence-corrected chi connectivity index (χ1v) is 11.2. The molecule has 1 aliphatic rings. The molecule has 0 fully saturated rings. The molecule has 0 saturated carbocycles. The number of hydrogen-bond acceptors (Lipinski definition) is 6. The average molecular weight is 489 g/mol. The Balaban J connectivity index is 1.54. The molecule has 2 amide bonds. The van der Waals surface area contributed by atoms with Crippen molar-refractivity contribution in [2.45, 2.75) is 32.4 Å². The fourth-order valence-electron chi connectivity index (χ4n) is 4.10. The zero-order chi connectivity index (χ0) is 24.2. The Morgan fingerprint density at radius 1 is 1.32 bits per heavy atom. The van der Waals surface area contributed by atoms with Gasteiger partial charge >= 0.3 is 6.18 Å². The summed E-state index contributed by atoms with van der Waals surface area (Å²) in [6, 6.07) is 4.96. The molecule has 0 radical (unpaired) electrons. The molecular formula is C22H18F3N5O3S. The molecule has 3 N–H and O–H groups in total. The van der Waals surface area contributed by atoms with E-state index in [4.69, 9.17) is 10.2 Å². The first-order valence-electron chi connectivity index (χ1n) is 10.4. The number of nitrogens with zero attached hydrogens (tertiary/aromatic N) is 3. The molecule has 176 valence electrons. The van der Waals surface area contributed by atoms with Crippen LogP contribution < -0.4 is 11.1 Å². The molecule has 0 unspecified atom stereocenters. The molecule has 0 bridgehead atoms. The molecule has 0 spiro atoms. The number of halogens is 3. The van der Waals surface area contributed by atoms with Crippen LogP contribution in [0.3, 0.4) is 0 Å². The highest BCUT2D eigenvalue weighted by Crippen LogP contribution is 2.39. The number of carbonyl (C=O) groups excluding carboxylic acids is 2. The van der Waals surface area contributed by atoms with Gasteiger partial charge in [0.05, 0.1) is 11.8 Å². The van der Waals surface area contributed by atoms with E-state index in [0.717, 1.165) is 35.4 Å². The largest absolute Gasteiger partial charge is 0.463 e. The fraction of sp³-hybridized carbons (Fsp3) is 0.273. The number of aromatic nitrogens is 3. The Morgan fingerprint density at radius 2 is 2.12 bits per heavy atom. The van der Waals surface area contributed by atoms with E-state index >= 15 is 0 Å². The number of thiophene rings is 1. The standard InChI is InChI=1S/C22H18F3N5O3S/c1-10-4-5-11-15(7-10)34-21(18(11)19(26)31)28-20(32)13-9-17-27-12(14-3-2-6-33-14)8-16(22(23,24)25)30(17)29-13/h2-3,6,8-10H,4-5,7H2,1H3,(H2,26,31)(H,28,32)/t10-/m0/s1. The first kappa shape index (κ1) is 22.1. The van der Waals surface area contributed by atoms with Crippen LogP contribution in [0.5, 0.6) is 0 Å². The predicted molar refractivity (Wildman–Crippen MR) is 118 cm³/mol. The second kappa shape index (κ2) is 7.97. The third kappa shape index (κ3) is 3.83. The molecule has 4 aromatic heterocycles. The maximum absolute atomic E-state index is 13.7. The highest BCUT2D eigenvalue weighted by atomic mass is 32.1. The van der Waals surface area contributed by atoms with Crippen LogP contribution in [0.25, 0.3) is 17.1 Å². The number of rotatable bonds is 4. The lowest BCUT2D eigenvalue weighted by Crippen LogP contribution is -2.19. The Bertz CT molecular complexity index is 1420. The van der Waals surface area contributed by atoms with Crippen molar-refractivity contribution in [3.05, 3.63) is 57.9 Å². The minimum atomic E-state index is -4.76. The molecular weight excluding hydrogens is 471 g/mol. The van der Waals surface area contributed by atoms with E-state index in [1.54, 1.807) is 0 Å². The van der Waals surface area contributed by atoms with E-state index in [1.807, 2.05) is 0 Å². The van der Waals surface area contributed by atoms with Crippen molar-refractivity contribution in [2.75, 3.05) is 5.32 Å². The molecule has 5 rings (SSSR count). The van der Waals surface area contributed by atoms with Crippen molar-refractivity contribution in [3.63, 3.8) is 0 Å². The highest BCUT2D eigenvalue weighted by molar-refractivity contribution is 7.17. The van der Waals surface area contributed by atoms with Crippen LogP contribution in [0.1, 0.15) is 50.3 Å². The summed E-state index contributed by atoms with van der Waals surface area (Å²) in [5, 5.41) is 6.74. The molecule has 4 aromatic rings. The number of amides is 2. The normalized spacial score (nSPS) is 15.9. The van der Waals surface area contributed by atoms with Gasteiger partial charge in [-0.25, -0.2) is 9.50 Å². The van der Waals surface area contributed by atoms with Gasteiger partial charge in [0, 0.05) is 10.9 Å². The number of alkyl halides is 3. The van der Waals surface area contributed by atoms with E-state index in [2.05, 4.69) is 22.3 Å². The molecule has 0 aromatic carbocycles. The van der Waals surface area contributed by atoms with Gasteiger partial charge in [-0.15, -0.1) is 11.3 Å². The maximum atomic E-state index is 13.7. The summed E-state index contributed by atoms with van der Waals surface area (Å²) in [5.41, 5.74) is 5.02. The third-order valence-corrected chi connectivity index (χ3v) is 6.88. The first-order chi connectivity index (χ1) is 16.1. The van der Waals surface area contributed by atoms with Gasteiger partial charge in [-0.1, -0.05) is 6.92 Å². The molecule has 8 nitrogen and oxygen atoms in total. The highest BCUT2D eigenvalue weighted by Gasteiger charge is 2.36. The lowest BCUT2D eigenvalue weighted by molar-refractivity contribution is -0.142. The van der Waals surface area contributed by atoms with Crippen molar-refractivity contribution < 1.29 is 27.2 Å². The van der Waals surface area contributed by atoms with E-state index in [1.165, 1.54) is 29.7 Å². The van der Waals surface area contributed by atoms with E-state index < -0.39 is 23.7 Å². The van der Waals surface area contributed by atoms with Crippen LogP contribution in [-0.4, -0.2) is 26.4 Å². The summed E-state index contributed by atoms with van der Waals surface area (Å²) in [4.78, 5) is 30.2. The molecule has 1 atom stereocenters. The molecule has 1 aliphatic carbocycles. The smallest absolute Gasteiger partial charge is 0.433 e. The van der Waals surface area contributed by atoms with E-state index in [-0.39, 0.29) is 33.4 Å². The third-order valence-electron chi connectivity index (χ3n) is 5.71. The molecule has 0 saturated heterocycles. The van der Waals surface area contributed by atoms with E-state index in [9.17, 15) is 22.8 Å². The Kier molecular flexibility index (Phi) is 5.19. The zero-order valence-corrected chi connectivity index (χ0v) is 18.6. The summed E-state index contributed by atoms with van der Waals surface area (Å²) >= 11 is 1.26. The maximum Gasteiger partial charge on any atom is 0.433 e. The van der Waals surface area contributed by atoms with Crippen LogP contribution in [0.2, 0.25) is 0 Å². The van der Waals surface area contributed by atoms with Crippen molar-refractivity contribution in [2.24, 2.45) is 11.7 Å². The summed E-state index contributed by atoms with van der Waals surface area (Å²) in [6.45, 7) is 2.10. The van der Waals surface area contributed by atoms with Gasteiger partial charge in [0.1, 0.15) is 10.7 Å². The minimum absolute atomic E-state index is 0.0484. The molecule has 4 heterocycles. The molecule has 34 heavy (non-hydrogen) atoms. The van der Waals surface area contributed by atoms with Gasteiger partial charge < -0.3 is 15.5 Å². The SMILES string of the molecule is C[C@H]1CCc2c(sc(NC(=O)c3cc4nc(-c5ccco5)cc(C(F)(F)F)n4n3)c2C(N)=O)C1. The quantitative estimate of drug-likeness (QED) is 0.437. The second-order valence-electron chi connectivity index (χ2n) is 8.18. The number of carbonyl (C=O) groups is 2. The van der Waals surface area contributed by atoms with E-state index in [0.29, 0.717) is 16.9 Å². The van der Waals surface area contributed by atoms with Gasteiger partial charge in [0.15, 0.2) is 22.8 Å². The van der Waals surface area contributed by atoms with Gasteiger partial charge in [-0.3, -0.25) is 9.59 Å². The number of furan rings is 1. The summed E-state index contributed by atoms with van der Waals surface area (Å²) in [6.07, 6.45) is -1.11. The zero-order valence-electron chi connectivity index (χ0n) is 17.8. The van der Waals surface area contributed by atoms with Gasteiger partial charge in [-0.05, 0) is 48.9 Å². The monoisotopic (exact) mass is 489 g/mol. The number of fused-ring (bicyclic) bond motifs is 2. The number of nitrogens with two attached hydrogens (primary N) is 1. The Morgan fingerprint density at radius 3 is 2.79 bits per heavy atom. The fourth-order valence-corrected chi connectivity index (χ4v) is 5.52. The second-order valence-corrected chi connectivity index (χ2v) is 9.28. The topological polar surface area (TPSA) is 116 Å². The lowest BCUT2D eigenvalue weighted by atomic mass is 9.88. The molecule has 0 aliphatic heterocycles. The van der Waals surface area contributed by atoms with Crippen LogP contribution in [0.4, 0.5) is 18.2 Å². The van der Waals surface area contributed by atoms with Crippen LogP contribution in [0, 0.1) is 5.92 Å².